The highest BCUT2D eigenvalue weighted by Gasteiger charge is 2.28. The molecule has 11 aromatic carbocycles. The summed E-state index contributed by atoms with van der Waals surface area (Å²) in [5, 5.41) is 56.5. The molecular weight excluding hydrogens is 1110 g/mol. The molecule has 0 aliphatic rings. The van der Waals surface area contributed by atoms with E-state index in [4.69, 9.17) is 9.97 Å². The third-order valence-corrected chi connectivity index (χ3v) is 17.4. The van der Waals surface area contributed by atoms with E-state index in [0.29, 0.717) is 39.2 Å². The first kappa shape index (κ1) is 53.1. The van der Waals surface area contributed by atoms with Crippen LogP contribution in [0, 0.1) is 56.7 Å². The molecule has 16 rings (SSSR count). The molecule has 0 amide bonds. The maximum absolute atomic E-state index is 10.3. The van der Waals surface area contributed by atoms with E-state index in [2.05, 4.69) is 165 Å². The predicted molar refractivity (Wildman–Crippen MR) is 361 cm³/mol. The van der Waals surface area contributed by atoms with E-state index < -0.39 is 0 Å². The molecule has 91 heavy (non-hydrogen) atoms. The average Bonchev–Trinajstić information content (AvgIpc) is 1.74. The summed E-state index contributed by atoms with van der Waals surface area (Å²) < 4.78 is 6.68. The predicted octanol–water partition coefficient (Wildman–Crippen LogP) is 19.1. The second kappa shape index (κ2) is 21.5. The highest BCUT2D eigenvalue weighted by molar-refractivity contribution is 6.14. The van der Waals surface area contributed by atoms with Crippen LogP contribution in [0.3, 0.4) is 0 Å². The van der Waals surface area contributed by atoms with Crippen molar-refractivity contribution in [2.45, 2.75) is 0 Å². The van der Waals surface area contributed by atoms with E-state index in [1.165, 1.54) is 0 Å². The number of pyridine rings is 2. The van der Waals surface area contributed by atoms with Gasteiger partial charge in [-0.25, -0.2) is 9.97 Å². The largest absolute Gasteiger partial charge is 0.309 e. The summed E-state index contributed by atoms with van der Waals surface area (Å²) in [6, 6.07) is 101. The maximum atomic E-state index is 10.3. The summed E-state index contributed by atoms with van der Waals surface area (Å²) in [7, 11) is 0. The number of rotatable bonds is 9. The highest BCUT2D eigenvalue weighted by Crippen LogP contribution is 2.49. The van der Waals surface area contributed by atoms with Crippen LogP contribution in [-0.4, -0.2) is 23.7 Å². The van der Waals surface area contributed by atoms with Gasteiger partial charge < -0.3 is 13.7 Å². The summed E-state index contributed by atoms with van der Waals surface area (Å²) in [6.07, 6.45) is 0. The van der Waals surface area contributed by atoms with E-state index in [1.54, 1.807) is 0 Å². The average molecular weight is 1160 g/mol. The van der Waals surface area contributed by atoms with Crippen LogP contribution >= 0.6 is 0 Å². The zero-order chi connectivity index (χ0) is 61.3. The fourth-order valence-corrected chi connectivity index (χ4v) is 13.4. The monoisotopic (exact) mass is 1160 g/mol. The van der Waals surface area contributed by atoms with Crippen molar-refractivity contribution in [1.29, 1.82) is 26.3 Å². The Morgan fingerprint density at radius 2 is 0.659 bits per heavy atom. The lowest BCUT2D eigenvalue weighted by Gasteiger charge is -2.24. The third kappa shape index (κ3) is 8.67. The lowest BCUT2D eigenvalue weighted by atomic mass is 9.86. The topological polar surface area (TPSA) is 160 Å². The zero-order valence-electron chi connectivity index (χ0n) is 48.4. The molecule has 0 radical (unpaired) electrons. The third-order valence-electron chi connectivity index (χ3n) is 17.4. The van der Waals surface area contributed by atoms with Crippen molar-refractivity contribution in [3.63, 3.8) is 0 Å². The minimum Gasteiger partial charge on any atom is -0.309 e. The van der Waals surface area contributed by atoms with Crippen LogP contribution in [-0.2, 0) is 0 Å². The number of hydrogen-bond donors (Lipinski definition) is 0. The number of nitriles is 5. The molecular formula is C81H44N10. The van der Waals surface area contributed by atoms with Gasteiger partial charge in [0.05, 0.1) is 125 Å². The zero-order valence-corrected chi connectivity index (χ0v) is 48.4. The number of para-hydroxylation sites is 3. The Morgan fingerprint density at radius 1 is 0.253 bits per heavy atom. The van der Waals surface area contributed by atoms with Gasteiger partial charge in [-0.2, -0.15) is 26.3 Å². The summed E-state index contributed by atoms with van der Waals surface area (Å²) in [6.45, 7) is 0. The van der Waals surface area contributed by atoms with Crippen LogP contribution in [0.1, 0.15) is 27.8 Å². The first-order chi connectivity index (χ1) is 44.9. The van der Waals surface area contributed by atoms with Crippen molar-refractivity contribution in [1.82, 2.24) is 23.7 Å². The second-order valence-electron chi connectivity index (χ2n) is 22.4. The fourth-order valence-electron chi connectivity index (χ4n) is 13.4. The number of fused-ring (bicyclic) bond motifs is 9. The van der Waals surface area contributed by atoms with Gasteiger partial charge in [0.1, 0.15) is 0 Å². The second-order valence-corrected chi connectivity index (χ2v) is 22.4. The van der Waals surface area contributed by atoms with Gasteiger partial charge in [0, 0.05) is 71.4 Å². The molecule has 10 nitrogen and oxygen atoms in total. The number of aromatic nitrogens is 5. The van der Waals surface area contributed by atoms with Crippen LogP contribution in [0.4, 0.5) is 0 Å². The van der Waals surface area contributed by atoms with Crippen molar-refractivity contribution in [3.8, 4) is 115 Å². The minimum absolute atomic E-state index is 0.498. The van der Waals surface area contributed by atoms with Crippen LogP contribution in [0.5, 0.6) is 0 Å². The molecule has 0 N–H and O–H groups in total. The number of nitrogens with zero attached hydrogens (tertiary/aromatic N) is 10. The van der Waals surface area contributed by atoms with Crippen molar-refractivity contribution in [2.75, 3.05) is 0 Å². The van der Waals surface area contributed by atoms with Gasteiger partial charge in [0.15, 0.2) is 0 Å². The van der Waals surface area contributed by atoms with E-state index in [9.17, 15) is 26.3 Å². The summed E-state index contributed by atoms with van der Waals surface area (Å²) in [4.78, 5) is 11.4. The van der Waals surface area contributed by atoms with Gasteiger partial charge >= 0.3 is 0 Å². The number of hydrogen-bond acceptors (Lipinski definition) is 7. The molecule has 418 valence electrons. The smallest absolute Gasteiger partial charge is 0.0991 e. The molecule has 5 heterocycles. The summed E-state index contributed by atoms with van der Waals surface area (Å²) in [5.41, 5.74) is 20.4. The lowest BCUT2D eigenvalue weighted by molar-refractivity contribution is 1.16. The Morgan fingerprint density at radius 3 is 1.20 bits per heavy atom. The SMILES string of the molecule is N#Cc1ccc2c(c1)c1ccccc1n2-c1ccc(-c2cc(-c3ccccc3-c3cccc(-c4ccccc4)n3)c(-c3ccccc3-n3c4ccc(C#N)cc4c4cc(C#N)ccc43)c(-c3ccccc3-n3c4ccc(C#N)cc4c4cc(C#N)ccc43)n2)cc1. The molecule has 0 aliphatic heterocycles. The van der Waals surface area contributed by atoms with E-state index in [0.717, 1.165) is 138 Å². The first-order valence-corrected chi connectivity index (χ1v) is 29.6. The van der Waals surface area contributed by atoms with Gasteiger partial charge in [-0.05, 0) is 151 Å². The molecule has 0 saturated heterocycles. The van der Waals surface area contributed by atoms with Crippen LogP contribution < -0.4 is 0 Å². The minimum atomic E-state index is 0.498. The van der Waals surface area contributed by atoms with Crippen LogP contribution in [0.2, 0.25) is 0 Å². The molecule has 16 aromatic rings. The highest BCUT2D eigenvalue weighted by atomic mass is 15.0. The standard InChI is InChI=1S/C81H44N10/c82-45-50-25-34-75-63(39-50)60-17-6-9-22-72(60)89(75)57-32-30-56(31-33-57)71-44-68(58-15-4-5-16-59(58)70-21-12-20-69(87-70)55-13-2-1-3-14-55)80(61-18-7-10-23-73(61)90-76-35-26-51(46-83)40-64(76)65-41-52(47-84)27-36-77(65)90)81(88-71)62-19-8-11-24-74(62)91-78-37-28-53(48-85)42-66(78)67-43-54(49-86)29-38-79(67)91/h1-44H. The van der Waals surface area contributed by atoms with Crippen molar-refractivity contribution in [3.05, 3.63) is 295 Å². The Kier molecular flexibility index (Phi) is 12.5. The lowest BCUT2D eigenvalue weighted by Crippen LogP contribution is -2.04. The molecule has 5 aromatic heterocycles. The number of benzene rings is 11. The normalized spacial score (nSPS) is 11.2. The Hall–Kier alpha value is -13.4. The van der Waals surface area contributed by atoms with E-state index in [-0.39, 0.29) is 0 Å². The Balaban J connectivity index is 1.03. The molecule has 0 aliphatic carbocycles. The first-order valence-electron chi connectivity index (χ1n) is 29.6. The van der Waals surface area contributed by atoms with Gasteiger partial charge in [0.25, 0.3) is 0 Å². The van der Waals surface area contributed by atoms with E-state index in [1.807, 2.05) is 146 Å². The molecule has 10 heteroatoms. The van der Waals surface area contributed by atoms with Crippen molar-refractivity contribution in [2.24, 2.45) is 0 Å². The molecule has 0 saturated carbocycles. The van der Waals surface area contributed by atoms with Crippen molar-refractivity contribution >= 4 is 65.4 Å². The van der Waals surface area contributed by atoms with Crippen LogP contribution in [0.15, 0.2) is 267 Å². The molecule has 0 atom stereocenters. The Bertz CT molecular complexity index is 5820. The molecule has 0 bridgehead atoms. The summed E-state index contributed by atoms with van der Waals surface area (Å²) in [5.74, 6) is 0. The quantitative estimate of drug-likeness (QED) is 0.139. The molecule has 0 spiro atoms. The molecule has 0 unspecified atom stereocenters. The van der Waals surface area contributed by atoms with Gasteiger partial charge in [-0.15, -0.1) is 0 Å². The van der Waals surface area contributed by atoms with Crippen LogP contribution in [0.25, 0.3) is 150 Å². The fraction of sp³-hybridized carbons (Fsp3) is 0. The summed E-state index contributed by atoms with van der Waals surface area (Å²) >= 11 is 0. The van der Waals surface area contributed by atoms with Gasteiger partial charge in [-0.1, -0.05) is 127 Å². The van der Waals surface area contributed by atoms with Crippen molar-refractivity contribution < 1.29 is 0 Å². The molecule has 0 fully saturated rings. The van der Waals surface area contributed by atoms with Gasteiger partial charge in [0.2, 0.25) is 0 Å². The van der Waals surface area contributed by atoms with E-state index >= 15 is 0 Å². The maximum Gasteiger partial charge on any atom is 0.0991 e. The van der Waals surface area contributed by atoms with Gasteiger partial charge in [-0.3, -0.25) is 0 Å². The Labute approximate surface area is 522 Å².